The van der Waals surface area contributed by atoms with Crippen molar-refractivity contribution < 1.29 is 14.4 Å². The van der Waals surface area contributed by atoms with Gasteiger partial charge in [-0.25, -0.2) is 0 Å². The van der Waals surface area contributed by atoms with Gasteiger partial charge in [-0.15, -0.1) is 0 Å². The molecule has 136 valence electrons. The molecule has 1 heterocycles. The van der Waals surface area contributed by atoms with Crippen molar-refractivity contribution in [1.82, 2.24) is 4.90 Å². The predicted octanol–water partition coefficient (Wildman–Crippen LogP) is 4.52. The molecular weight excluding hydrogens is 475 g/mol. The number of allylic oxidation sites excluding steroid dienone is 2. The van der Waals surface area contributed by atoms with E-state index < -0.39 is 17.1 Å². The fourth-order valence-corrected chi connectivity index (χ4v) is 3.49. The Hall–Kier alpha value is -2.39. The second kappa shape index (κ2) is 9.01. The molecule has 0 saturated carbocycles. The van der Waals surface area contributed by atoms with Crippen LogP contribution >= 0.6 is 34.4 Å². The number of imide groups is 1. The minimum Gasteiger partial charge on any atom is -0.325 e. The van der Waals surface area contributed by atoms with E-state index in [-0.39, 0.29) is 6.54 Å². The van der Waals surface area contributed by atoms with Crippen molar-refractivity contribution in [2.75, 3.05) is 11.9 Å². The SMILES string of the molecule is O=C(CN1C(=O)S/C(=C/C=C\c2ccccc2)C1=O)Nc1ccc(I)cc1. The van der Waals surface area contributed by atoms with Crippen molar-refractivity contribution >= 4 is 63.2 Å². The smallest absolute Gasteiger partial charge is 0.294 e. The van der Waals surface area contributed by atoms with E-state index in [9.17, 15) is 14.4 Å². The lowest BCUT2D eigenvalue weighted by Gasteiger charge is -2.12. The highest BCUT2D eigenvalue weighted by molar-refractivity contribution is 14.1. The van der Waals surface area contributed by atoms with Crippen LogP contribution in [-0.4, -0.2) is 28.5 Å². The number of hydrogen-bond donors (Lipinski definition) is 1. The highest BCUT2D eigenvalue weighted by Crippen LogP contribution is 2.30. The quantitative estimate of drug-likeness (QED) is 0.495. The Kier molecular flexibility index (Phi) is 6.46. The summed E-state index contributed by atoms with van der Waals surface area (Å²) >= 11 is 3.00. The normalized spacial score (nSPS) is 15.7. The number of thioether (sulfide) groups is 1. The van der Waals surface area contributed by atoms with Gasteiger partial charge in [0.1, 0.15) is 6.54 Å². The maximum atomic E-state index is 12.4. The van der Waals surface area contributed by atoms with Crippen LogP contribution in [0.15, 0.2) is 71.7 Å². The highest BCUT2D eigenvalue weighted by atomic mass is 127. The van der Waals surface area contributed by atoms with Gasteiger partial charge in [0, 0.05) is 9.26 Å². The summed E-state index contributed by atoms with van der Waals surface area (Å²) < 4.78 is 1.05. The van der Waals surface area contributed by atoms with Crippen LogP contribution < -0.4 is 5.32 Å². The van der Waals surface area contributed by atoms with Crippen LogP contribution in [0.25, 0.3) is 6.08 Å². The topological polar surface area (TPSA) is 66.5 Å². The zero-order chi connectivity index (χ0) is 19.2. The summed E-state index contributed by atoms with van der Waals surface area (Å²) in [7, 11) is 0. The van der Waals surface area contributed by atoms with E-state index in [1.54, 1.807) is 24.3 Å². The summed E-state index contributed by atoms with van der Waals surface area (Å²) in [5.74, 6) is -0.875. The van der Waals surface area contributed by atoms with Gasteiger partial charge < -0.3 is 5.32 Å². The summed E-state index contributed by atoms with van der Waals surface area (Å²) in [5.41, 5.74) is 1.61. The molecule has 0 atom stereocenters. The number of anilines is 1. The molecular formula is C20H15IN2O3S. The molecule has 27 heavy (non-hydrogen) atoms. The zero-order valence-corrected chi connectivity index (χ0v) is 17.1. The molecule has 0 aromatic heterocycles. The average molecular weight is 490 g/mol. The highest BCUT2D eigenvalue weighted by Gasteiger charge is 2.35. The first-order chi connectivity index (χ1) is 13.0. The third-order valence-corrected chi connectivity index (χ3v) is 5.28. The number of nitrogens with one attached hydrogen (secondary N) is 1. The van der Waals surface area contributed by atoms with Gasteiger partial charge in [0.2, 0.25) is 5.91 Å². The largest absolute Gasteiger partial charge is 0.325 e. The van der Waals surface area contributed by atoms with Gasteiger partial charge in [-0.05, 0) is 70.3 Å². The van der Waals surface area contributed by atoms with Crippen LogP contribution in [0.2, 0.25) is 0 Å². The Labute approximate surface area is 174 Å². The lowest BCUT2D eigenvalue weighted by Crippen LogP contribution is -2.36. The van der Waals surface area contributed by atoms with Gasteiger partial charge in [0.25, 0.3) is 11.1 Å². The van der Waals surface area contributed by atoms with Crippen LogP contribution in [0.3, 0.4) is 0 Å². The molecule has 0 radical (unpaired) electrons. The van der Waals surface area contributed by atoms with Crippen molar-refractivity contribution in [1.29, 1.82) is 0 Å². The summed E-state index contributed by atoms with van der Waals surface area (Å²) in [6.07, 6.45) is 5.16. The first-order valence-electron chi connectivity index (χ1n) is 8.05. The van der Waals surface area contributed by atoms with Crippen LogP contribution in [0.1, 0.15) is 5.56 Å². The number of carbonyl (C=O) groups excluding carboxylic acids is 3. The molecule has 1 N–H and O–H groups in total. The number of amides is 3. The summed E-state index contributed by atoms with van der Waals surface area (Å²) in [5, 5.41) is 2.24. The van der Waals surface area contributed by atoms with Crippen LogP contribution in [0.4, 0.5) is 10.5 Å². The molecule has 0 spiro atoms. The van der Waals surface area contributed by atoms with Crippen molar-refractivity contribution in [3.63, 3.8) is 0 Å². The number of halogens is 1. The van der Waals surface area contributed by atoms with Crippen molar-refractivity contribution in [3.8, 4) is 0 Å². The Morgan fingerprint density at radius 1 is 1.07 bits per heavy atom. The fraction of sp³-hybridized carbons (Fsp3) is 0.0500. The molecule has 2 aromatic carbocycles. The minimum atomic E-state index is -0.458. The van der Waals surface area contributed by atoms with E-state index in [1.807, 2.05) is 48.5 Å². The molecule has 3 rings (SSSR count). The van der Waals surface area contributed by atoms with E-state index in [4.69, 9.17) is 0 Å². The second-order valence-corrected chi connectivity index (χ2v) is 7.85. The molecule has 2 aromatic rings. The second-order valence-electron chi connectivity index (χ2n) is 5.62. The molecule has 1 saturated heterocycles. The lowest BCUT2D eigenvalue weighted by molar-refractivity contribution is -0.127. The number of hydrogen-bond acceptors (Lipinski definition) is 4. The van der Waals surface area contributed by atoms with Crippen molar-refractivity contribution in [2.24, 2.45) is 0 Å². The molecule has 7 heteroatoms. The molecule has 0 unspecified atom stereocenters. The lowest BCUT2D eigenvalue weighted by atomic mass is 10.2. The van der Waals surface area contributed by atoms with Gasteiger partial charge in [-0.1, -0.05) is 42.5 Å². The van der Waals surface area contributed by atoms with E-state index >= 15 is 0 Å². The fourth-order valence-electron chi connectivity index (χ4n) is 2.34. The molecule has 3 amide bonds. The van der Waals surface area contributed by atoms with Gasteiger partial charge >= 0.3 is 0 Å². The summed E-state index contributed by atoms with van der Waals surface area (Å²) in [6.45, 7) is -0.309. The molecule has 1 aliphatic rings. The Morgan fingerprint density at radius 3 is 2.48 bits per heavy atom. The van der Waals surface area contributed by atoms with E-state index in [0.29, 0.717) is 10.6 Å². The predicted molar refractivity (Wildman–Crippen MR) is 116 cm³/mol. The molecule has 0 aliphatic carbocycles. The minimum absolute atomic E-state index is 0.300. The molecule has 0 bridgehead atoms. The van der Waals surface area contributed by atoms with Crippen molar-refractivity contribution in [2.45, 2.75) is 0 Å². The van der Waals surface area contributed by atoms with Gasteiger partial charge in [0.15, 0.2) is 0 Å². The van der Waals surface area contributed by atoms with Crippen LogP contribution in [0, 0.1) is 3.57 Å². The van der Waals surface area contributed by atoms with E-state index in [2.05, 4.69) is 27.9 Å². The summed E-state index contributed by atoms with van der Waals surface area (Å²) in [4.78, 5) is 37.9. The maximum absolute atomic E-state index is 12.4. The molecule has 1 aliphatic heterocycles. The standard InChI is InChI=1S/C20H15IN2O3S/c21-15-9-11-16(12-10-15)22-18(24)13-23-19(25)17(27-20(23)26)8-4-7-14-5-2-1-3-6-14/h1-12H,13H2,(H,22,24)/b7-4-,17-8+. The van der Waals surface area contributed by atoms with Crippen LogP contribution in [0.5, 0.6) is 0 Å². The number of rotatable bonds is 5. The van der Waals surface area contributed by atoms with Crippen molar-refractivity contribution in [3.05, 3.63) is 80.8 Å². The van der Waals surface area contributed by atoms with Crippen LogP contribution in [-0.2, 0) is 9.59 Å². The molecule has 5 nitrogen and oxygen atoms in total. The average Bonchev–Trinajstić information content (AvgIpc) is 2.92. The Morgan fingerprint density at radius 2 is 1.78 bits per heavy atom. The molecule has 1 fully saturated rings. The maximum Gasteiger partial charge on any atom is 0.294 e. The van der Waals surface area contributed by atoms with E-state index in [1.165, 1.54) is 0 Å². The third kappa shape index (κ3) is 5.30. The number of benzene rings is 2. The van der Waals surface area contributed by atoms with Gasteiger partial charge in [-0.2, -0.15) is 0 Å². The monoisotopic (exact) mass is 490 g/mol. The third-order valence-electron chi connectivity index (χ3n) is 3.64. The first-order valence-corrected chi connectivity index (χ1v) is 9.95. The summed E-state index contributed by atoms with van der Waals surface area (Å²) in [6, 6.07) is 16.9. The Bertz CT molecular complexity index is 924. The number of nitrogens with zero attached hydrogens (tertiary/aromatic N) is 1. The first kappa shape index (κ1) is 19.4. The zero-order valence-electron chi connectivity index (χ0n) is 14.1. The number of carbonyl (C=O) groups is 3. The van der Waals surface area contributed by atoms with E-state index in [0.717, 1.165) is 25.8 Å². The van der Waals surface area contributed by atoms with Gasteiger partial charge in [0.05, 0.1) is 4.91 Å². The Balaban J connectivity index is 1.61. The van der Waals surface area contributed by atoms with Gasteiger partial charge in [-0.3, -0.25) is 19.3 Å².